The van der Waals surface area contributed by atoms with Gasteiger partial charge in [0.1, 0.15) is 11.6 Å². The monoisotopic (exact) mass is 260 g/mol. The minimum Gasteiger partial charge on any atom is -0.377 e. The summed E-state index contributed by atoms with van der Waals surface area (Å²) in [6, 6.07) is 2.55. The van der Waals surface area contributed by atoms with Crippen molar-refractivity contribution in [2.24, 2.45) is 0 Å². The van der Waals surface area contributed by atoms with Crippen LogP contribution in [0.4, 0.5) is 5.82 Å². The molecule has 5 heteroatoms. The van der Waals surface area contributed by atoms with Gasteiger partial charge in [-0.25, -0.2) is 0 Å². The second kappa shape index (κ2) is 5.98. The lowest BCUT2D eigenvalue weighted by Gasteiger charge is -2.34. The predicted molar refractivity (Wildman–Crippen MR) is 73.1 cm³/mol. The Balaban J connectivity index is 2.48. The lowest BCUT2D eigenvalue weighted by atomic mass is 10.0. The molecule has 0 aliphatic carbocycles. The first kappa shape index (κ1) is 13.8. The van der Waals surface area contributed by atoms with Crippen molar-refractivity contribution in [3.63, 3.8) is 0 Å². The van der Waals surface area contributed by atoms with E-state index in [0.717, 1.165) is 30.6 Å². The van der Waals surface area contributed by atoms with Gasteiger partial charge in [-0.2, -0.15) is 10.4 Å². The number of rotatable bonds is 3. The van der Waals surface area contributed by atoms with Gasteiger partial charge in [-0.3, -0.25) is 0 Å². The maximum atomic E-state index is 9.49. The molecule has 102 valence electrons. The van der Waals surface area contributed by atoms with Crippen LogP contribution in [0.1, 0.15) is 37.6 Å². The molecule has 1 fully saturated rings. The summed E-state index contributed by atoms with van der Waals surface area (Å²) in [6.07, 6.45) is 1.62. The SMILES string of the molecule is CCc1nnc(N2CCOCC2C)c(C#N)c1CC. The van der Waals surface area contributed by atoms with E-state index in [0.29, 0.717) is 24.6 Å². The molecule has 0 radical (unpaired) electrons. The van der Waals surface area contributed by atoms with Crippen LogP contribution in [-0.4, -0.2) is 36.0 Å². The highest BCUT2D eigenvalue weighted by Crippen LogP contribution is 2.25. The Bertz CT molecular complexity index is 495. The molecular formula is C14H20N4O. The Hall–Kier alpha value is -1.67. The van der Waals surface area contributed by atoms with E-state index in [9.17, 15) is 5.26 Å². The zero-order chi connectivity index (χ0) is 13.8. The lowest BCUT2D eigenvalue weighted by molar-refractivity contribution is 0.0984. The Kier molecular flexibility index (Phi) is 4.33. The van der Waals surface area contributed by atoms with Crippen LogP contribution in [0.25, 0.3) is 0 Å². The summed E-state index contributed by atoms with van der Waals surface area (Å²) in [4.78, 5) is 2.13. The van der Waals surface area contributed by atoms with Crippen LogP contribution in [0.2, 0.25) is 0 Å². The molecular weight excluding hydrogens is 240 g/mol. The van der Waals surface area contributed by atoms with Gasteiger partial charge in [0.15, 0.2) is 5.82 Å². The molecule has 19 heavy (non-hydrogen) atoms. The topological polar surface area (TPSA) is 62.0 Å². The summed E-state index contributed by atoms with van der Waals surface area (Å²) in [6.45, 7) is 8.29. The van der Waals surface area contributed by atoms with Gasteiger partial charge in [0, 0.05) is 6.54 Å². The Morgan fingerprint density at radius 1 is 1.37 bits per heavy atom. The van der Waals surface area contributed by atoms with Crippen LogP contribution in [-0.2, 0) is 17.6 Å². The summed E-state index contributed by atoms with van der Waals surface area (Å²) in [5.74, 6) is 0.715. The smallest absolute Gasteiger partial charge is 0.169 e. The van der Waals surface area contributed by atoms with Crippen LogP contribution in [0, 0.1) is 11.3 Å². The number of nitriles is 1. The Morgan fingerprint density at radius 2 is 2.16 bits per heavy atom. The first-order chi connectivity index (χ1) is 9.22. The number of hydrogen-bond acceptors (Lipinski definition) is 5. The number of ether oxygens (including phenoxy) is 1. The molecule has 0 saturated carbocycles. The third-order valence-electron chi connectivity index (χ3n) is 3.58. The molecule has 0 amide bonds. The van der Waals surface area contributed by atoms with E-state index in [1.54, 1.807) is 0 Å². The van der Waals surface area contributed by atoms with Crippen molar-refractivity contribution in [3.8, 4) is 6.07 Å². The van der Waals surface area contributed by atoms with E-state index in [4.69, 9.17) is 4.74 Å². The Morgan fingerprint density at radius 3 is 2.74 bits per heavy atom. The van der Waals surface area contributed by atoms with E-state index in [2.05, 4.69) is 35.0 Å². The van der Waals surface area contributed by atoms with Gasteiger partial charge < -0.3 is 9.64 Å². The first-order valence-corrected chi connectivity index (χ1v) is 6.85. The number of hydrogen-bond donors (Lipinski definition) is 0. The summed E-state index contributed by atoms with van der Waals surface area (Å²) < 4.78 is 5.44. The van der Waals surface area contributed by atoms with Crippen molar-refractivity contribution in [1.82, 2.24) is 10.2 Å². The molecule has 1 atom stereocenters. The highest BCUT2D eigenvalue weighted by molar-refractivity contribution is 5.58. The predicted octanol–water partition coefficient (Wildman–Crippen LogP) is 1.70. The molecule has 0 bridgehead atoms. The normalized spacial score (nSPS) is 19.3. The van der Waals surface area contributed by atoms with Crippen molar-refractivity contribution in [2.45, 2.75) is 39.7 Å². The average molecular weight is 260 g/mol. The molecule has 0 N–H and O–H groups in total. The van der Waals surface area contributed by atoms with Gasteiger partial charge in [0.05, 0.1) is 24.9 Å². The molecule has 1 saturated heterocycles. The molecule has 1 aliphatic rings. The van der Waals surface area contributed by atoms with Gasteiger partial charge in [-0.05, 0) is 25.3 Å². The van der Waals surface area contributed by atoms with Crippen LogP contribution in [0.5, 0.6) is 0 Å². The third-order valence-corrected chi connectivity index (χ3v) is 3.58. The van der Waals surface area contributed by atoms with Gasteiger partial charge in [0.25, 0.3) is 0 Å². The zero-order valence-corrected chi connectivity index (χ0v) is 11.8. The molecule has 1 aromatic rings. The molecule has 1 unspecified atom stereocenters. The van der Waals surface area contributed by atoms with Crippen molar-refractivity contribution < 1.29 is 4.74 Å². The largest absolute Gasteiger partial charge is 0.377 e. The third kappa shape index (κ3) is 2.54. The number of morpholine rings is 1. The van der Waals surface area contributed by atoms with Gasteiger partial charge >= 0.3 is 0 Å². The number of anilines is 1. The maximum absolute atomic E-state index is 9.49. The van der Waals surface area contributed by atoms with Crippen LogP contribution in [0.3, 0.4) is 0 Å². The van der Waals surface area contributed by atoms with Crippen molar-refractivity contribution in [3.05, 3.63) is 16.8 Å². The number of nitrogens with zero attached hydrogens (tertiary/aromatic N) is 4. The molecule has 1 aliphatic heterocycles. The minimum absolute atomic E-state index is 0.229. The van der Waals surface area contributed by atoms with Crippen molar-refractivity contribution in [1.29, 1.82) is 5.26 Å². The average Bonchev–Trinajstić information content (AvgIpc) is 2.46. The minimum atomic E-state index is 0.229. The quantitative estimate of drug-likeness (QED) is 0.827. The summed E-state index contributed by atoms with van der Waals surface area (Å²) in [7, 11) is 0. The van der Waals surface area contributed by atoms with E-state index in [-0.39, 0.29) is 6.04 Å². The lowest BCUT2D eigenvalue weighted by Crippen LogP contribution is -2.44. The second-order valence-corrected chi connectivity index (χ2v) is 4.76. The zero-order valence-electron chi connectivity index (χ0n) is 11.8. The van der Waals surface area contributed by atoms with Crippen LogP contribution < -0.4 is 4.90 Å². The molecule has 5 nitrogen and oxygen atoms in total. The van der Waals surface area contributed by atoms with Crippen LogP contribution >= 0.6 is 0 Å². The molecule has 2 rings (SSSR count). The fourth-order valence-corrected chi connectivity index (χ4v) is 2.52. The number of aromatic nitrogens is 2. The van der Waals surface area contributed by atoms with Gasteiger partial charge in [-0.1, -0.05) is 13.8 Å². The molecule has 0 aromatic carbocycles. The highest BCUT2D eigenvalue weighted by atomic mass is 16.5. The summed E-state index contributed by atoms with van der Waals surface area (Å²) >= 11 is 0. The van der Waals surface area contributed by atoms with Gasteiger partial charge in [-0.15, -0.1) is 5.10 Å². The van der Waals surface area contributed by atoms with Crippen molar-refractivity contribution >= 4 is 5.82 Å². The highest BCUT2D eigenvalue weighted by Gasteiger charge is 2.25. The first-order valence-electron chi connectivity index (χ1n) is 6.85. The fourth-order valence-electron chi connectivity index (χ4n) is 2.52. The van der Waals surface area contributed by atoms with Crippen molar-refractivity contribution in [2.75, 3.05) is 24.7 Å². The van der Waals surface area contributed by atoms with E-state index in [1.165, 1.54) is 0 Å². The standard InChI is InChI=1S/C14H20N4O/c1-4-11-12(8-15)14(17-16-13(11)5-2)18-6-7-19-9-10(18)3/h10H,4-7,9H2,1-3H3. The Labute approximate surface area is 114 Å². The number of aryl methyl sites for hydroxylation is 1. The van der Waals surface area contributed by atoms with E-state index in [1.807, 2.05) is 6.92 Å². The summed E-state index contributed by atoms with van der Waals surface area (Å²) in [5, 5.41) is 18.1. The maximum Gasteiger partial charge on any atom is 0.169 e. The fraction of sp³-hybridized carbons (Fsp3) is 0.643. The van der Waals surface area contributed by atoms with Gasteiger partial charge in [0.2, 0.25) is 0 Å². The molecule has 1 aromatic heterocycles. The second-order valence-electron chi connectivity index (χ2n) is 4.76. The van der Waals surface area contributed by atoms with E-state index < -0.39 is 0 Å². The molecule has 2 heterocycles. The van der Waals surface area contributed by atoms with E-state index >= 15 is 0 Å². The van der Waals surface area contributed by atoms with Crippen LogP contribution in [0.15, 0.2) is 0 Å². The summed E-state index contributed by atoms with van der Waals surface area (Å²) in [5.41, 5.74) is 2.65. The molecule has 0 spiro atoms.